The second kappa shape index (κ2) is 6.47. The molecule has 0 aliphatic rings. The molecule has 0 saturated heterocycles. The van der Waals surface area contributed by atoms with Gasteiger partial charge in [-0.05, 0) is 40.2 Å². The van der Waals surface area contributed by atoms with Crippen molar-refractivity contribution in [1.29, 1.82) is 0 Å². The van der Waals surface area contributed by atoms with Gasteiger partial charge in [-0.3, -0.25) is 4.79 Å². The van der Waals surface area contributed by atoms with Gasteiger partial charge in [0, 0.05) is 5.56 Å². The number of tetrazole rings is 1. The van der Waals surface area contributed by atoms with E-state index in [2.05, 4.69) is 31.3 Å². The summed E-state index contributed by atoms with van der Waals surface area (Å²) in [6, 6.07) is 3.29. The molecule has 0 fully saturated rings. The molecule has 0 atom stereocenters. The third-order valence-electron chi connectivity index (χ3n) is 2.36. The van der Waals surface area contributed by atoms with Gasteiger partial charge in [-0.15, -0.1) is 10.2 Å². The van der Waals surface area contributed by atoms with Gasteiger partial charge in [0.25, 0.3) is 0 Å². The number of hydrogen-bond donors (Lipinski definition) is 0. The Kier molecular flexibility index (Phi) is 4.67. The molecule has 0 aliphatic carbocycles. The van der Waals surface area contributed by atoms with Crippen molar-refractivity contribution >= 4 is 22.2 Å². The molecule has 2 aromatic rings. The zero-order chi connectivity index (χ0) is 14.5. The lowest BCUT2D eigenvalue weighted by atomic mass is 10.2. The first kappa shape index (κ1) is 14.4. The van der Waals surface area contributed by atoms with Gasteiger partial charge in [-0.25, -0.2) is 0 Å². The summed E-state index contributed by atoms with van der Waals surface area (Å²) in [5, 5.41) is 11.6. The lowest BCUT2D eigenvalue weighted by Gasteiger charge is -2.13. The van der Waals surface area contributed by atoms with Crippen molar-refractivity contribution in [3.8, 4) is 11.5 Å². The molecule has 0 N–H and O–H groups in total. The monoisotopic (exact) mass is 340 g/mol. The first-order valence-electron chi connectivity index (χ1n) is 5.91. The number of nitrogens with zero attached hydrogens (tertiary/aromatic N) is 4. The SMILES string of the molecule is CCOc1cc(C=O)cc(Br)c1OCc1nnn(C)n1. The summed E-state index contributed by atoms with van der Waals surface area (Å²) < 4.78 is 11.8. The van der Waals surface area contributed by atoms with Gasteiger partial charge in [0.15, 0.2) is 18.1 Å². The normalized spacial score (nSPS) is 10.3. The standard InChI is InChI=1S/C12H13BrN4O3/c1-3-19-10-5-8(6-18)4-9(13)12(10)20-7-11-14-16-17(2)15-11/h4-6H,3,7H2,1-2H3. The van der Waals surface area contributed by atoms with E-state index in [1.54, 1.807) is 19.2 Å². The fourth-order valence-electron chi connectivity index (χ4n) is 1.58. The van der Waals surface area contributed by atoms with Crippen LogP contribution in [0.4, 0.5) is 0 Å². The molecule has 0 saturated carbocycles. The first-order chi connectivity index (χ1) is 9.63. The summed E-state index contributed by atoms with van der Waals surface area (Å²) in [4.78, 5) is 12.2. The lowest BCUT2D eigenvalue weighted by Crippen LogP contribution is -2.03. The highest BCUT2D eigenvalue weighted by atomic mass is 79.9. The fraction of sp³-hybridized carbons (Fsp3) is 0.333. The summed E-state index contributed by atoms with van der Waals surface area (Å²) in [5.41, 5.74) is 0.505. The minimum Gasteiger partial charge on any atom is -0.490 e. The zero-order valence-electron chi connectivity index (χ0n) is 11.0. The molecule has 0 bridgehead atoms. The fourth-order valence-corrected chi connectivity index (χ4v) is 2.15. The van der Waals surface area contributed by atoms with Crippen LogP contribution in [0.1, 0.15) is 23.1 Å². The third-order valence-corrected chi connectivity index (χ3v) is 2.95. The van der Waals surface area contributed by atoms with Crippen molar-refractivity contribution in [3.05, 3.63) is 28.0 Å². The maximum atomic E-state index is 10.9. The Morgan fingerprint density at radius 1 is 1.40 bits per heavy atom. The summed E-state index contributed by atoms with van der Waals surface area (Å²) in [5.74, 6) is 1.46. The molecule has 0 aliphatic heterocycles. The number of benzene rings is 1. The lowest BCUT2D eigenvalue weighted by molar-refractivity contribution is 0.112. The Balaban J connectivity index is 2.22. The number of halogens is 1. The Labute approximate surface area is 124 Å². The average molecular weight is 341 g/mol. The Hall–Kier alpha value is -1.96. The van der Waals surface area contributed by atoms with E-state index in [0.717, 1.165) is 6.29 Å². The van der Waals surface area contributed by atoms with Gasteiger partial charge >= 0.3 is 0 Å². The molecule has 7 nitrogen and oxygen atoms in total. The Morgan fingerprint density at radius 3 is 2.80 bits per heavy atom. The number of aryl methyl sites for hydroxylation is 1. The topological polar surface area (TPSA) is 79.1 Å². The van der Waals surface area contributed by atoms with Crippen LogP contribution in [0.25, 0.3) is 0 Å². The summed E-state index contributed by atoms with van der Waals surface area (Å²) in [6.45, 7) is 2.48. The second-order valence-electron chi connectivity index (χ2n) is 3.86. The van der Waals surface area contributed by atoms with Crippen LogP contribution in [-0.2, 0) is 13.7 Å². The molecule has 20 heavy (non-hydrogen) atoms. The van der Waals surface area contributed by atoms with Gasteiger partial charge in [0.2, 0.25) is 5.82 Å². The smallest absolute Gasteiger partial charge is 0.212 e. The van der Waals surface area contributed by atoms with Gasteiger partial charge < -0.3 is 9.47 Å². The zero-order valence-corrected chi connectivity index (χ0v) is 12.6. The van der Waals surface area contributed by atoms with Crippen LogP contribution in [0.2, 0.25) is 0 Å². The number of ether oxygens (including phenoxy) is 2. The maximum absolute atomic E-state index is 10.9. The highest BCUT2D eigenvalue weighted by Crippen LogP contribution is 2.36. The summed E-state index contributed by atoms with van der Waals surface area (Å²) >= 11 is 3.36. The van der Waals surface area contributed by atoms with Crippen LogP contribution in [0.15, 0.2) is 16.6 Å². The van der Waals surface area contributed by atoms with E-state index in [1.165, 1.54) is 4.80 Å². The van der Waals surface area contributed by atoms with Crippen LogP contribution in [0, 0.1) is 0 Å². The number of rotatable bonds is 6. The molecule has 8 heteroatoms. The van der Waals surface area contributed by atoms with Crippen molar-refractivity contribution in [2.75, 3.05) is 6.61 Å². The second-order valence-corrected chi connectivity index (χ2v) is 4.72. The molecular weight excluding hydrogens is 328 g/mol. The van der Waals surface area contributed by atoms with Gasteiger partial charge in [-0.2, -0.15) is 4.80 Å². The van der Waals surface area contributed by atoms with Gasteiger partial charge in [-0.1, -0.05) is 0 Å². The number of aldehydes is 1. The quantitative estimate of drug-likeness (QED) is 0.745. The summed E-state index contributed by atoms with van der Waals surface area (Å²) in [6.07, 6.45) is 0.751. The van der Waals surface area contributed by atoms with E-state index < -0.39 is 0 Å². The minimum absolute atomic E-state index is 0.160. The van der Waals surface area contributed by atoms with Crippen LogP contribution < -0.4 is 9.47 Å². The van der Waals surface area contributed by atoms with Crippen molar-refractivity contribution < 1.29 is 14.3 Å². The maximum Gasteiger partial charge on any atom is 0.212 e. The number of aromatic nitrogens is 4. The summed E-state index contributed by atoms with van der Waals surface area (Å²) in [7, 11) is 1.68. The van der Waals surface area contributed by atoms with E-state index in [0.29, 0.717) is 34.0 Å². The van der Waals surface area contributed by atoms with Crippen molar-refractivity contribution in [3.63, 3.8) is 0 Å². The molecule has 1 heterocycles. The van der Waals surface area contributed by atoms with E-state index >= 15 is 0 Å². The van der Waals surface area contributed by atoms with Crippen molar-refractivity contribution in [2.24, 2.45) is 7.05 Å². The van der Waals surface area contributed by atoms with E-state index in [1.807, 2.05) is 6.92 Å². The van der Waals surface area contributed by atoms with Crippen molar-refractivity contribution in [2.45, 2.75) is 13.5 Å². The van der Waals surface area contributed by atoms with Crippen LogP contribution >= 0.6 is 15.9 Å². The van der Waals surface area contributed by atoms with E-state index in [9.17, 15) is 4.79 Å². The first-order valence-corrected chi connectivity index (χ1v) is 6.70. The van der Waals surface area contributed by atoms with Gasteiger partial charge in [0.05, 0.1) is 18.1 Å². The Morgan fingerprint density at radius 2 is 2.20 bits per heavy atom. The van der Waals surface area contributed by atoms with E-state index in [-0.39, 0.29) is 6.61 Å². The minimum atomic E-state index is 0.160. The number of carbonyl (C=O) groups is 1. The van der Waals surface area contributed by atoms with E-state index in [4.69, 9.17) is 9.47 Å². The predicted molar refractivity (Wildman–Crippen MR) is 73.8 cm³/mol. The molecule has 106 valence electrons. The van der Waals surface area contributed by atoms with Crippen LogP contribution in [0.3, 0.4) is 0 Å². The largest absolute Gasteiger partial charge is 0.490 e. The molecule has 1 aromatic carbocycles. The molecule has 1 aromatic heterocycles. The average Bonchev–Trinajstić information content (AvgIpc) is 2.83. The third kappa shape index (κ3) is 3.32. The highest BCUT2D eigenvalue weighted by molar-refractivity contribution is 9.10. The molecule has 0 amide bonds. The molecule has 2 rings (SSSR count). The van der Waals surface area contributed by atoms with Gasteiger partial charge in [0.1, 0.15) is 6.29 Å². The molecule has 0 unspecified atom stereocenters. The highest BCUT2D eigenvalue weighted by Gasteiger charge is 2.13. The van der Waals surface area contributed by atoms with Crippen molar-refractivity contribution in [1.82, 2.24) is 20.2 Å². The Bertz CT molecular complexity index is 615. The van der Waals surface area contributed by atoms with Crippen LogP contribution in [0.5, 0.6) is 11.5 Å². The number of hydrogen-bond acceptors (Lipinski definition) is 6. The molecule has 0 spiro atoms. The molecule has 0 radical (unpaired) electrons. The van der Waals surface area contributed by atoms with Crippen LogP contribution in [-0.4, -0.2) is 33.1 Å². The predicted octanol–water partition coefficient (Wildman–Crippen LogP) is 1.76. The molecular formula is C12H13BrN4O3. The number of carbonyl (C=O) groups excluding carboxylic acids is 1.